The highest BCUT2D eigenvalue weighted by Gasteiger charge is 2.65. The predicted octanol–water partition coefficient (Wildman–Crippen LogP) is 3.02. The maximum atomic E-state index is 13.9. The third-order valence-corrected chi connectivity index (χ3v) is 7.72. The quantitative estimate of drug-likeness (QED) is 0.881. The van der Waals surface area contributed by atoms with Gasteiger partial charge in [0.2, 0.25) is 5.91 Å². The summed E-state index contributed by atoms with van der Waals surface area (Å²) in [5.74, 6) is 0.851. The van der Waals surface area contributed by atoms with E-state index in [1.807, 2.05) is 24.1 Å². The van der Waals surface area contributed by atoms with Crippen LogP contribution < -0.4 is 0 Å². The Morgan fingerprint density at radius 2 is 2.12 bits per heavy atom. The number of carbonyl (C=O) groups excluding carboxylic acids is 1. The second-order valence-electron chi connectivity index (χ2n) is 10.1. The molecule has 1 heterocycles. The van der Waals surface area contributed by atoms with E-state index in [1.165, 1.54) is 6.42 Å². The largest absolute Gasteiger partial charge is 0.390 e. The van der Waals surface area contributed by atoms with Gasteiger partial charge in [0.05, 0.1) is 17.2 Å². The molecule has 5 fully saturated rings. The van der Waals surface area contributed by atoms with Crippen LogP contribution in [-0.2, 0) is 18.4 Å². The predicted molar refractivity (Wildman–Crippen MR) is 98.1 cm³/mol. The Labute approximate surface area is 155 Å². The number of nitrogens with zero attached hydrogens (tertiary/aromatic N) is 3. The number of aliphatic hydroxyl groups is 1. The molecular weight excluding hydrogens is 326 g/mol. The molecule has 1 amide bonds. The summed E-state index contributed by atoms with van der Waals surface area (Å²) in [6.45, 7) is 2.92. The van der Waals surface area contributed by atoms with Gasteiger partial charge in [-0.25, -0.2) is 0 Å². The van der Waals surface area contributed by atoms with E-state index in [0.29, 0.717) is 30.8 Å². The van der Waals surface area contributed by atoms with Crippen molar-refractivity contribution >= 4 is 5.91 Å². The summed E-state index contributed by atoms with van der Waals surface area (Å²) < 4.78 is 1.81. The summed E-state index contributed by atoms with van der Waals surface area (Å²) in [5.41, 5.74) is 0.373. The average Bonchev–Trinajstić information content (AvgIpc) is 3.32. The number of amides is 1. The van der Waals surface area contributed by atoms with E-state index in [-0.39, 0.29) is 10.8 Å². The first-order chi connectivity index (χ1) is 12.3. The van der Waals surface area contributed by atoms with Gasteiger partial charge in [0.1, 0.15) is 0 Å². The van der Waals surface area contributed by atoms with Crippen LogP contribution in [0.5, 0.6) is 0 Å². The van der Waals surface area contributed by atoms with Crippen LogP contribution in [0.15, 0.2) is 12.4 Å². The molecule has 5 nitrogen and oxygen atoms in total. The van der Waals surface area contributed by atoms with E-state index < -0.39 is 5.60 Å². The van der Waals surface area contributed by atoms with Crippen molar-refractivity contribution in [3.05, 3.63) is 18.0 Å². The van der Waals surface area contributed by atoms with Crippen molar-refractivity contribution in [2.75, 3.05) is 0 Å². The van der Waals surface area contributed by atoms with Gasteiger partial charge >= 0.3 is 0 Å². The van der Waals surface area contributed by atoms with Crippen LogP contribution in [0.4, 0.5) is 0 Å². The number of aryl methyl sites for hydroxylation is 1. The smallest absolute Gasteiger partial charge is 0.229 e. The van der Waals surface area contributed by atoms with Gasteiger partial charge in [0, 0.05) is 31.4 Å². The number of hydrogen-bond donors (Lipinski definition) is 1. The highest BCUT2D eigenvalue weighted by Crippen LogP contribution is 2.68. The van der Waals surface area contributed by atoms with Gasteiger partial charge < -0.3 is 10.0 Å². The average molecular weight is 357 g/mol. The van der Waals surface area contributed by atoms with Crippen molar-refractivity contribution in [1.29, 1.82) is 0 Å². The maximum Gasteiger partial charge on any atom is 0.229 e. The Hall–Kier alpha value is -1.36. The Bertz CT molecular complexity index is 741. The lowest BCUT2D eigenvalue weighted by molar-refractivity contribution is -0.210. The summed E-state index contributed by atoms with van der Waals surface area (Å²) in [7, 11) is 1.92. The topological polar surface area (TPSA) is 58.4 Å². The minimum atomic E-state index is -0.603. The third-order valence-electron chi connectivity index (χ3n) is 7.72. The molecule has 5 aliphatic carbocycles. The molecule has 26 heavy (non-hydrogen) atoms. The van der Waals surface area contributed by atoms with Crippen LogP contribution >= 0.6 is 0 Å². The van der Waals surface area contributed by atoms with Crippen LogP contribution in [0, 0.1) is 16.7 Å². The van der Waals surface area contributed by atoms with Gasteiger partial charge in [-0.3, -0.25) is 9.48 Å². The SMILES string of the molecule is CC[C@]12C[C@@H]3C[C@@](O)(C1)C[C@@](C(=O)N(Cc1cnn(C)c1)C1CC1)(C3)C2. The Morgan fingerprint density at radius 1 is 1.31 bits per heavy atom. The molecule has 0 radical (unpaired) electrons. The Balaban J connectivity index is 1.46. The summed E-state index contributed by atoms with van der Waals surface area (Å²) >= 11 is 0. The molecule has 5 heteroatoms. The Kier molecular flexibility index (Phi) is 3.45. The fourth-order valence-corrected chi connectivity index (χ4v) is 7.03. The van der Waals surface area contributed by atoms with Gasteiger partial charge in [-0.2, -0.15) is 5.10 Å². The molecule has 4 atom stereocenters. The third kappa shape index (κ3) is 2.54. The van der Waals surface area contributed by atoms with Crippen molar-refractivity contribution in [3.8, 4) is 0 Å². The first kappa shape index (κ1) is 16.8. The van der Waals surface area contributed by atoms with Crippen LogP contribution in [0.2, 0.25) is 0 Å². The van der Waals surface area contributed by atoms with Gasteiger partial charge in [-0.1, -0.05) is 13.3 Å². The Morgan fingerprint density at radius 3 is 2.73 bits per heavy atom. The second kappa shape index (κ2) is 5.34. The number of carbonyl (C=O) groups is 1. The highest BCUT2D eigenvalue weighted by molar-refractivity contribution is 5.84. The van der Waals surface area contributed by atoms with Crippen LogP contribution in [0.3, 0.4) is 0 Å². The van der Waals surface area contributed by atoms with Gasteiger partial charge in [-0.15, -0.1) is 0 Å². The van der Waals surface area contributed by atoms with Crippen molar-refractivity contribution in [2.24, 2.45) is 23.8 Å². The van der Waals surface area contributed by atoms with Gasteiger partial charge in [0.15, 0.2) is 0 Å². The zero-order valence-electron chi connectivity index (χ0n) is 16.1. The van der Waals surface area contributed by atoms with E-state index in [1.54, 1.807) is 0 Å². The minimum absolute atomic E-state index is 0.188. The molecule has 5 aliphatic rings. The van der Waals surface area contributed by atoms with Crippen molar-refractivity contribution in [3.63, 3.8) is 0 Å². The summed E-state index contributed by atoms with van der Waals surface area (Å²) in [6, 6.07) is 0.392. The molecule has 0 spiro atoms. The lowest BCUT2D eigenvalue weighted by Gasteiger charge is -2.64. The van der Waals surface area contributed by atoms with E-state index in [4.69, 9.17) is 0 Å². The summed E-state index contributed by atoms with van der Waals surface area (Å²) in [6.07, 6.45) is 12.9. The number of hydrogen-bond acceptors (Lipinski definition) is 3. The zero-order chi connectivity index (χ0) is 18.2. The first-order valence-electron chi connectivity index (χ1n) is 10.4. The van der Waals surface area contributed by atoms with Gasteiger partial charge in [0.25, 0.3) is 0 Å². The monoisotopic (exact) mass is 357 g/mol. The number of aromatic nitrogens is 2. The molecule has 0 saturated heterocycles. The summed E-state index contributed by atoms with van der Waals surface area (Å²) in [4.78, 5) is 16.0. The molecule has 4 bridgehead atoms. The summed E-state index contributed by atoms with van der Waals surface area (Å²) in [5, 5.41) is 15.5. The molecule has 1 N–H and O–H groups in total. The first-order valence-corrected chi connectivity index (χ1v) is 10.4. The fraction of sp³-hybridized carbons (Fsp3) is 0.810. The molecule has 6 rings (SSSR count). The van der Waals surface area contributed by atoms with Gasteiger partial charge in [-0.05, 0) is 62.7 Å². The van der Waals surface area contributed by atoms with Crippen molar-refractivity contribution in [2.45, 2.75) is 82.9 Å². The van der Waals surface area contributed by atoms with Crippen molar-refractivity contribution in [1.82, 2.24) is 14.7 Å². The van der Waals surface area contributed by atoms with E-state index >= 15 is 0 Å². The molecule has 0 unspecified atom stereocenters. The van der Waals surface area contributed by atoms with Crippen molar-refractivity contribution < 1.29 is 9.90 Å². The molecule has 1 aromatic rings. The highest BCUT2D eigenvalue weighted by atomic mass is 16.3. The normalized spacial score (nSPS) is 40.8. The molecule has 1 aromatic heterocycles. The van der Waals surface area contributed by atoms with Crippen LogP contribution in [0.25, 0.3) is 0 Å². The van der Waals surface area contributed by atoms with Crippen LogP contribution in [0.1, 0.15) is 70.3 Å². The van der Waals surface area contributed by atoms with E-state index in [0.717, 1.165) is 50.5 Å². The van der Waals surface area contributed by atoms with E-state index in [2.05, 4.69) is 16.9 Å². The molecule has 0 aliphatic heterocycles. The lowest BCUT2D eigenvalue weighted by Crippen LogP contribution is -2.64. The fourth-order valence-electron chi connectivity index (χ4n) is 7.03. The molecular formula is C21H31N3O2. The molecule has 142 valence electrons. The second-order valence-corrected chi connectivity index (χ2v) is 10.1. The molecule has 5 saturated carbocycles. The maximum absolute atomic E-state index is 13.9. The lowest BCUT2D eigenvalue weighted by atomic mass is 9.42. The zero-order valence-corrected chi connectivity index (χ0v) is 16.1. The standard InChI is InChI=1S/C21H31N3O2/c1-3-19-6-15-7-20(12-19,14-21(26,8-15)13-19)18(25)24(17-4-5-17)11-16-9-22-23(2)10-16/h9-10,15,17,26H,3-8,11-14H2,1-2H3/t15-,19+,20+,21+/m0/s1. The molecule has 0 aromatic carbocycles. The minimum Gasteiger partial charge on any atom is -0.390 e. The number of rotatable bonds is 5. The van der Waals surface area contributed by atoms with E-state index in [9.17, 15) is 9.90 Å². The van der Waals surface area contributed by atoms with Crippen LogP contribution in [-0.4, -0.2) is 37.3 Å².